The molecule has 0 aliphatic carbocycles. The van der Waals surface area contributed by atoms with Crippen molar-refractivity contribution in [1.29, 1.82) is 0 Å². The van der Waals surface area contributed by atoms with Crippen molar-refractivity contribution in [3.05, 3.63) is 89.2 Å². The van der Waals surface area contributed by atoms with Crippen molar-refractivity contribution in [2.45, 2.75) is 4.90 Å². The Labute approximate surface area is 187 Å². The smallest absolute Gasteiger partial charge is 0.322 e. The molecule has 32 heavy (non-hydrogen) atoms. The van der Waals surface area contributed by atoms with E-state index in [1.165, 1.54) is 24.3 Å². The molecule has 8 nitrogen and oxygen atoms in total. The molecule has 0 saturated heterocycles. The zero-order valence-electron chi connectivity index (χ0n) is 16.1. The fourth-order valence-corrected chi connectivity index (χ4v) is 3.85. The van der Waals surface area contributed by atoms with Gasteiger partial charge in [-0.2, -0.15) is 0 Å². The van der Waals surface area contributed by atoms with Crippen molar-refractivity contribution in [3.8, 4) is 11.5 Å². The second-order valence-electron chi connectivity index (χ2n) is 6.51. The quantitative estimate of drug-likeness (QED) is 0.424. The van der Waals surface area contributed by atoms with Crippen LogP contribution in [0.15, 0.2) is 82.1 Å². The number of aromatic nitrogens is 2. The molecule has 11 heteroatoms. The third kappa shape index (κ3) is 4.93. The second kappa shape index (κ2) is 8.77. The average Bonchev–Trinajstić information content (AvgIpc) is 3.23. The van der Waals surface area contributed by atoms with Crippen LogP contribution in [-0.4, -0.2) is 24.5 Å². The first-order chi connectivity index (χ1) is 15.3. The van der Waals surface area contributed by atoms with E-state index in [4.69, 9.17) is 16.0 Å². The topological polar surface area (TPSA) is 114 Å². The van der Waals surface area contributed by atoms with E-state index < -0.39 is 21.7 Å². The molecule has 0 spiro atoms. The fraction of sp³-hybridized carbons (Fsp3) is 0. The number of sulfonamides is 1. The van der Waals surface area contributed by atoms with Gasteiger partial charge in [-0.15, -0.1) is 5.10 Å². The molecule has 4 aromatic rings. The zero-order valence-corrected chi connectivity index (χ0v) is 17.7. The van der Waals surface area contributed by atoms with Crippen molar-refractivity contribution < 1.29 is 22.0 Å². The lowest BCUT2D eigenvalue weighted by molar-refractivity contribution is 0.102. The summed E-state index contributed by atoms with van der Waals surface area (Å²) in [6.07, 6.45) is 0. The standard InChI is InChI=1S/C21H14ClFN4O4S/c22-15-5-1-14(2-6-15)20-25-26-21(31-20)24-19(28)13-3-9-17(10-4-13)27-32(29,30)18-11-7-16(23)8-12-18/h1-12,27H,(H,24,26,28). The Kier molecular flexibility index (Phi) is 5.89. The van der Waals surface area contributed by atoms with Gasteiger partial charge in [0.05, 0.1) is 4.90 Å². The summed E-state index contributed by atoms with van der Waals surface area (Å²) in [6, 6.07) is 16.8. The van der Waals surface area contributed by atoms with Crippen molar-refractivity contribution >= 4 is 39.2 Å². The van der Waals surface area contributed by atoms with Crippen LogP contribution in [0.4, 0.5) is 16.1 Å². The number of hydrogen-bond donors (Lipinski definition) is 2. The summed E-state index contributed by atoms with van der Waals surface area (Å²) in [7, 11) is -3.90. The van der Waals surface area contributed by atoms with Gasteiger partial charge in [-0.25, -0.2) is 12.8 Å². The molecule has 1 heterocycles. The number of nitrogens with zero attached hydrogens (tertiary/aromatic N) is 2. The van der Waals surface area contributed by atoms with Crippen LogP contribution in [0.25, 0.3) is 11.5 Å². The predicted octanol–water partition coefficient (Wildman–Crippen LogP) is 4.58. The normalized spacial score (nSPS) is 11.2. The summed E-state index contributed by atoms with van der Waals surface area (Å²) in [5.41, 5.74) is 1.11. The van der Waals surface area contributed by atoms with E-state index in [2.05, 4.69) is 20.2 Å². The van der Waals surface area contributed by atoms with Gasteiger partial charge in [0.15, 0.2) is 0 Å². The highest BCUT2D eigenvalue weighted by molar-refractivity contribution is 7.92. The summed E-state index contributed by atoms with van der Waals surface area (Å²) in [5.74, 6) is -0.854. The first-order valence-corrected chi connectivity index (χ1v) is 11.0. The lowest BCUT2D eigenvalue weighted by Crippen LogP contribution is -2.14. The largest absolute Gasteiger partial charge is 0.403 e. The Balaban J connectivity index is 1.42. The average molecular weight is 473 g/mol. The number of halogens is 2. The first-order valence-electron chi connectivity index (χ1n) is 9.09. The van der Waals surface area contributed by atoms with Gasteiger partial charge < -0.3 is 4.42 Å². The second-order valence-corrected chi connectivity index (χ2v) is 8.63. The Morgan fingerprint density at radius 3 is 2.22 bits per heavy atom. The number of anilines is 2. The fourth-order valence-electron chi connectivity index (χ4n) is 2.67. The molecule has 1 aromatic heterocycles. The molecule has 0 bridgehead atoms. The molecule has 4 rings (SSSR count). The molecule has 3 aromatic carbocycles. The maximum Gasteiger partial charge on any atom is 0.322 e. The van der Waals surface area contributed by atoms with Gasteiger partial charge >= 0.3 is 6.01 Å². The summed E-state index contributed by atoms with van der Waals surface area (Å²) in [5, 5.41) is 10.7. The molecule has 0 fully saturated rings. The number of amides is 1. The van der Waals surface area contributed by atoms with E-state index in [1.807, 2.05) is 0 Å². The molecule has 1 amide bonds. The van der Waals surface area contributed by atoms with Gasteiger partial charge in [-0.1, -0.05) is 16.7 Å². The highest BCUT2D eigenvalue weighted by Gasteiger charge is 2.16. The Morgan fingerprint density at radius 2 is 1.56 bits per heavy atom. The molecule has 0 unspecified atom stereocenters. The van der Waals surface area contributed by atoms with Crippen LogP contribution < -0.4 is 10.0 Å². The molecule has 0 aliphatic rings. The van der Waals surface area contributed by atoms with E-state index >= 15 is 0 Å². The molecular weight excluding hydrogens is 459 g/mol. The van der Waals surface area contributed by atoms with Crippen molar-refractivity contribution in [2.24, 2.45) is 0 Å². The van der Waals surface area contributed by atoms with Crippen LogP contribution >= 0.6 is 11.6 Å². The zero-order chi connectivity index (χ0) is 22.7. The molecule has 0 saturated carbocycles. The summed E-state index contributed by atoms with van der Waals surface area (Å²) < 4.78 is 45.5. The number of carbonyl (C=O) groups is 1. The van der Waals surface area contributed by atoms with Gasteiger partial charge in [0.2, 0.25) is 5.89 Å². The maximum absolute atomic E-state index is 13.0. The monoisotopic (exact) mass is 472 g/mol. The molecule has 0 aliphatic heterocycles. The SMILES string of the molecule is O=C(Nc1nnc(-c2ccc(Cl)cc2)o1)c1ccc(NS(=O)(=O)c2ccc(F)cc2)cc1. The molecule has 0 radical (unpaired) electrons. The third-order valence-corrected chi connectivity index (χ3v) is 5.91. The number of hydrogen-bond acceptors (Lipinski definition) is 6. The van der Waals surface area contributed by atoms with Crippen LogP contribution in [-0.2, 0) is 10.0 Å². The summed E-state index contributed by atoms with van der Waals surface area (Å²) >= 11 is 5.85. The van der Waals surface area contributed by atoms with Crippen molar-refractivity contribution in [3.63, 3.8) is 0 Å². The van der Waals surface area contributed by atoms with E-state index in [-0.39, 0.29) is 28.1 Å². The van der Waals surface area contributed by atoms with Crippen LogP contribution in [0.3, 0.4) is 0 Å². The van der Waals surface area contributed by atoms with E-state index in [0.29, 0.717) is 10.6 Å². The van der Waals surface area contributed by atoms with Crippen molar-refractivity contribution in [1.82, 2.24) is 10.2 Å². The lowest BCUT2D eigenvalue weighted by atomic mass is 10.2. The van der Waals surface area contributed by atoms with Gasteiger partial charge in [0, 0.05) is 21.8 Å². The van der Waals surface area contributed by atoms with E-state index in [1.54, 1.807) is 24.3 Å². The minimum atomic E-state index is -3.90. The Hall–Kier alpha value is -3.76. The van der Waals surface area contributed by atoms with Gasteiger partial charge in [-0.05, 0) is 72.8 Å². The van der Waals surface area contributed by atoms with E-state index in [9.17, 15) is 17.6 Å². The van der Waals surface area contributed by atoms with E-state index in [0.717, 1.165) is 24.3 Å². The third-order valence-electron chi connectivity index (χ3n) is 4.26. The number of carbonyl (C=O) groups excluding carboxylic acids is 1. The lowest BCUT2D eigenvalue weighted by Gasteiger charge is -2.08. The highest BCUT2D eigenvalue weighted by Crippen LogP contribution is 2.22. The predicted molar refractivity (Wildman–Crippen MR) is 116 cm³/mol. The van der Waals surface area contributed by atoms with Gasteiger partial charge in [-0.3, -0.25) is 14.8 Å². The van der Waals surface area contributed by atoms with Gasteiger partial charge in [0.1, 0.15) is 5.82 Å². The van der Waals surface area contributed by atoms with Crippen LogP contribution in [0.2, 0.25) is 5.02 Å². The number of nitrogens with one attached hydrogen (secondary N) is 2. The highest BCUT2D eigenvalue weighted by atomic mass is 35.5. The summed E-state index contributed by atoms with van der Waals surface area (Å²) in [4.78, 5) is 12.3. The van der Waals surface area contributed by atoms with Gasteiger partial charge in [0.25, 0.3) is 15.9 Å². The minimum Gasteiger partial charge on any atom is -0.403 e. The van der Waals surface area contributed by atoms with Crippen LogP contribution in [0.5, 0.6) is 0 Å². The van der Waals surface area contributed by atoms with Crippen LogP contribution in [0, 0.1) is 5.82 Å². The number of rotatable bonds is 6. The maximum atomic E-state index is 13.0. The van der Waals surface area contributed by atoms with Crippen molar-refractivity contribution in [2.75, 3.05) is 10.0 Å². The number of benzene rings is 3. The minimum absolute atomic E-state index is 0.0893. The molecule has 0 atom stereocenters. The molecule has 162 valence electrons. The molecule has 2 N–H and O–H groups in total. The Morgan fingerprint density at radius 1 is 0.906 bits per heavy atom. The van der Waals surface area contributed by atoms with Crippen LogP contribution in [0.1, 0.15) is 10.4 Å². The summed E-state index contributed by atoms with van der Waals surface area (Å²) in [6.45, 7) is 0. The first kappa shape index (κ1) is 21.5. The molecular formula is C21H14ClFN4O4S. The Bertz CT molecular complexity index is 1360.